The highest BCUT2D eigenvalue weighted by molar-refractivity contribution is 7.91. The zero-order valence-corrected chi connectivity index (χ0v) is 12.5. The first kappa shape index (κ1) is 15.2. The molecule has 1 heterocycles. The van der Waals surface area contributed by atoms with E-state index in [4.69, 9.17) is 0 Å². The number of aromatic nitrogens is 1. The van der Waals surface area contributed by atoms with Crippen LogP contribution in [0.15, 0.2) is 24.4 Å². The number of rotatable bonds is 5. The molecule has 7 heteroatoms. The molecule has 0 amide bonds. The molecular weight excluding hydrogens is 294 g/mol. The van der Waals surface area contributed by atoms with E-state index in [0.717, 1.165) is 6.26 Å². The number of nitrogens with one attached hydrogen (secondary N) is 1. The monoisotopic (exact) mass is 309 g/mol. The van der Waals surface area contributed by atoms with Crippen LogP contribution in [0.1, 0.15) is 15.9 Å². The summed E-state index contributed by atoms with van der Waals surface area (Å²) in [6.45, 7) is 0. The van der Waals surface area contributed by atoms with Gasteiger partial charge in [-0.2, -0.15) is 0 Å². The lowest BCUT2D eigenvalue weighted by Crippen LogP contribution is -2.14. The number of hydrogen-bond acceptors (Lipinski definition) is 5. The van der Waals surface area contributed by atoms with Crippen LogP contribution in [-0.2, 0) is 25.8 Å². The summed E-state index contributed by atoms with van der Waals surface area (Å²) in [5.74, 6) is -1.39. The average molecular weight is 309 g/mol. The van der Waals surface area contributed by atoms with Crippen molar-refractivity contribution in [1.29, 1.82) is 0 Å². The molecule has 0 unspecified atom stereocenters. The number of methoxy groups -OCH3 is 1. The van der Waals surface area contributed by atoms with E-state index in [0.29, 0.717) is 22.0 Å². The van der Waals surface area contributed by atoms with Gasteiger partial charge in [0, 0.05) is 28.9 Å². The number of sulfone groups is 1. The number of benzene rings is 1. The van der Waals surface area contributed by atoms with Gasteiger partial charge in [-0.1, -0.05) is 6.07 Å². The van der Waals surface area contributed by atoms with Crippen molar-refractivity contribution in [2.45, 2.75) is 6.42 Å². The van der Waals surface area contributed by atoms with Gasteiger partial charge in [-0.15, -0.1) is 0 Å². The maximum absolute atomic E-state index is 12.0. The minimum Gasteiger partial charge on any atom is -0.469 e. The summed E-state index contributed by atoms with van der Waals surface area (Å²) in [4.78, 5) is 26.2. The fourth-order valence-electron chi connectivity index (χ4n) is 2.06. The van der Waals surface area contributed by atoms with E-state index in [9.17, 15) is 18.0 Å². The van der Waals surface area contributed by atoms with Crippen LogP contribution in [0.5, 0.6) is 0 Å². The molecule has 0 aliphatic heterocycles. The Morgan fingerprint density at radius 1 is 1.29 bits per heavy atom. The van der Waals surface area contributed by atoms with Crippen LogP contribution in [0, 0.1) is 0 Å². The van der Waals surface area contributed by atoms with Crippen LogP contribution >= 0.6 is 0 Å². The number of ether oxygens (including phenoxy) is 1. The molecule has 6 nitrogen and oxygen atoms in total. The summed E-state index contributed by atoms with van der Waals surface area (Å²) in [7, 11) is -2.08. The molecular formula is C14H15NO5S. The first-order valence-electron chi connectivity index (χ1n) is 6.18. The minimum absolute atomic E-state index is 0.0946. The molecule has 2 aromatic rings. The van der Waals surface area contributed by atoms with Crippen molar-refractivity contribution >= 4 is 32.5 Å². The maximum Gasteiger partial charge on any atom is 0.309 e. The molecule has 0 radical (unpaired) electrons. The van der Waals surface area contributed by atoms with Gasteiger partial charge in [-0.3, -0.25) is 9.59 Å². The van der Waals surface area contributed by atoms with Gasteiger partial charge in [-0.05, 0) is 17.7 Å². The number of Topliss-reactive ketones (excluding diaryl/α,β-unsaturated/α-hetero) is 1. The lowest BCUT2D eigenvalue weighted by atomic mass is 10.1. The molecule has 0 spiro atoms. The summed E-state index contributed by atoms with van der Waals surface area (Å²) >= 11 is 0. The van der Waals surface area contributed by atoms with Gasteiger partial charge in [0.25, 0.3) is 0 Å². The Bertz CT molecular complexity index is 804. The molecule has 2 rings (SSSR count). The SMILES string of the molecule is COC(=O)Cc1ccc2[nH]cc(C(=O)CS(C)(=O)=O)c2c1. The van der Waals surface area contributed by atoms with E-state index in [-0.39, 0.29) is 12.4 Å². The standard InChI is InChI=1S/C14H15NO5S/c1-20-14(17)6-9-3-4-12-10(5-9)11(7-15-12)13(16)8-21(2,18)19/h3-5,7,15H,6,8H2,1-2H3. The average Bonchev–Trinajstić information content (AvgIpc) is 2.79. The van der Waals surface area contributed by atoms with E-state index in [2.05, 4.69) is 9.72 Å². The van der Waals surface area contributed by atoms with Crippen LogP contribution in [0.4, 0.5) is 0 Å². The molecule has 21 heavy (non-hydrogen) atoms. The second kappa shape index (κ2) is 5.69. The molecule has 0 aliphatic rings. The molecule has 1 N–H and O–H groups in total. The highest BCUT2D eigenvalue weighted by atomic mass is 32.2. The Kier molecular flexibility index (Phi) is 4.13. The van der Waals surface area contributed by atoms with E-state index >= 15 is 0 Å². The van der Waals surface area contributed by atoms with Gasteiger partial charge in [0.05, 0.1) is 13.5 Å². The maximum atomic E-state index is 12.0. The fraction of sp³-hybridized carbons (Fsp3) is 0.286. The molecule has 112 valence electrons. The van der Waals surface area contributed by atoms with Crippen molar-refractivity contribution in [2.75, 3.05) is 19.1 Å². The Balaban J connectivity index is 2.39. The third-order valence-electron chi connectivity index (χ3n) is 3.02. The molecule has 0 saturated carbocycles. The number of hydrogen-bond donors (Lipinski definition) is 1. The molecule has 0 fully saturated rings. The minimum atomic E-state index is -3.39. The second-order valence-electron chi connectivity index (χ2n) is 4.83. The number of carbonyl (C=O) groups is 2. The van der Waals surface area contributed by atoms with Gasteiger partial charge < -0.3 is 9.72 Å². The van der Waals surface area contributed by atoms with E-state index < -0.39 is 21.4 Å². The summed E-state index contributed by atoms with van der Waals surface area (Å²) in [5, 5.41) is 0.602. The predicted octanol–water partition coefficient (Wildman–Crippen LogP) is 1.11. The van der Waals surface area contributed by atoms with Crippen LogP contribution in [-0.4, -0.2) is 44.3 Å². The zero-order valence-electron chi connectivity index (χ0n) is 11.7. The molecule has 0 saturated heterocycles. The fourth-order valence-corrected chi connectivity index (χ4v) is 2.69. The quantitative estimate of drug-likeness (QED) is 0.659. The predicted molar refractivity (Wildman–Crippen MR) is 78.1 cm³/mol. The third-order valence-corrected chi connectivity index (χ3v) is 3.80. The molecule has 0 atom stereocenters. The topological polar surface area (TPSA) is 93.3 Å². The first-order valence-corrected chi connectivity index (χ1v) is 8.24. The molecule has 0 aliphatic carbocycles. The Hall–Kier alpha value is -2.15. The van der Waals surface area contributed by atoms with Crippen molar-refractivity contribution in [2.24, 2.45) is 0 Å². The Labute approximate surface area is 122 Å². The van der Waals surface area contributed by atoms with E-state index in [1.165, 1.54) is 13.3 Å². The van der Waals surface area contributed by atoms with Crippen LogP contribution < -0.4 is 0 Å². The van der Waals surface area contributed by atoms with Crippen molar-refractivity contribution in [3.05, 3.63) is 35.5 Å². The van der Waals surface area contributed by atoms with Crippen molar-refractivity contribution < 1.29 is 22.7 Å². The highest BCUT2D eigenvalue weighted by Gasteiger charge is 2.17. The number of carbonyl (C=O) groups excluding carboxylic acids is 2. The van der Waals surface area contributed by atoms with E-state index in [1.54, 1.807) is 18.2 Å². The van der Waals surface area contributed by atoms with Gasteiger partial charge in [0.2, 0.25) is 0 Å². The number of aromatic amines is 1. The smallest absolute Gasteiger partial charge is 0.309 e. The normalized spacial score (nSPS) is 11.5. The number of H-pyrrole nitrogens is 1. The second-order valence-corrected chi connectivity index (χ2v) is 6.97. The lowest BCUT2D eigenvalue weighted by Gasteiger charge is -2.02. The number of esters is 1. The van der Waals surface area contributed by atoms with E-state index in [1.807, 2.05) is 0 Å². The Morgan fingerprint density at radius 2 is 2.00 bits per heavy atom. The van der Waals surface area contributed by atoms with Gasteiger partial charge in [-0.25, -0.2) is 8.42 Å². The van der Waals surface area contributed by atoms with Crippen molar-refractivity contribution in [3.8, 4) is 0 Å². The first-order chi connectivity index (χ1) is 9.80. The number of ketones is 1. The van der Waals surface area contributed by atoms with Crippen molar-refractivity contribution in [1.82, 2.24) is 4.98 Å². The van der Waals surface area contributed by atoms with Crippen molar-refractivity contribution in [3.63, 3.8) is 0 Å². The largest absolute Gasteiger partial charge is 0.469 e. The third kappa shape index (κ3) is 3.69. The summed E-state index contributed by atoms with van der Waals surface area (Å²) < 4.78 is 27.1. The van der Waals surface area contributed by atoms with Crippen LogP contribution in [0.3, 0.4) is 0 Å². The molecule has 1 aromatic heterocycles. The summed E-state index contributed by atoms with van der Waals surface area (Å²) in [5.41, 5.74) is 1.71. The number of fused-ring (bicyclic) bond motifs is 1. The van der Waals surface area contributed by atoms with Crippen LogP contribution in [0.25, 0.3) is 10.9 Å². The summed E-state index contributed by atoms with van der Waals surface area (Å²) in [6.07, 6.45) is 2.60. The molecule has 1 aromatic carbocycles. The zero-order chi connectivity index (χ0) is 15.6. The van der Waals surface area contributed by atoms with Gasteiger partial charge in [0.1, 0.15) is 5.75 Å². The Morgan fingerprint density at radius 3 is 2.62 bits per heavy atom. The van der Waals surface area contributed by atoms with Gasteiger partial charge in [0.15, 0.2) is 15.6 Å². The molecule has 0 bridgehead atoms. The summed E-state index contributed by atoms with van der Waals surface area (Å²) in [6, 6.07) is 5.18. The van der Waals surface area contributed by atoms with Gasteiger partial charge >= 0.3 is 5.97 Å². The highest BCUT2D eigenvalue weighted by Crippen LogP contribution is 2.21. The lowest BCUT2D eigenvalue weighted by molar-refractivity contribution is -0.139. The van der Waals surface area contributed by atoms with Crippen LogP contribution in [0.2, 0.25) is 0 Å².